The average molecular weight is 469 g/mol. The minimum absolute atomic E-state index is 0.0812. The van der Waals surface area contributed by atoms with Crippen LogP contribution in [0.3, 0.4) is 0 Å². The monoisotopic (exact) mass is 468 g/mol. The van der Waals surface area contributed by atoms with Crippen LogP contribution in [0.4, 0.5) is 0 Å². The largest absolute Gasteiger partial charge is 0.497 e. The van der Waals surface area contributed by atoms with Gasteiger partial charge in [-0.15, -0.1) is 0 Å². The van der Waals surface area contributed by atoms with Gasteiger partial charge in [0.05, 0.1) is 24.6 Å². The Morgan fingerprint density at radius 1 is 1.10 bits per heavy atom. The molecular weight excluding hydrogens is 448 g/mol. The van der Waals surface area contributed by atoms with Crippen molar-refractivity contribution in [2.45, 2.75) is 24.3 Å². The minimum Gasteiger partial charge on any atom is -0.497 e. The summed E-state index contributed by atoms with van der Waals surface area (Å²) in [6.45, 7) is 1.32. The van der Waals surface area contributed by atoms with Gasteiger partial charge in [0.2, 0.25) is 21.8 Å². The van der Waals surface area contributed by atoms with Crippen LogP contribution in [0.5, 0.6) is 5.75 Å². The number of carbonyl (C=O) groups is 3. The summed E-state index contributed by atoms with van der Waals surface area (Å²) < 4.78 is 28.1. The Hall–Kier alpha value is -3.15. The van der Waals surface area contributed by atoms with Gasteiger partial charge < -0.3 is 10.1 Å². The van der Waals surface area contributed by atoms with Crippen LogP contribution < -0.4 is 26.0 Å². The first-order chi connectivity index (χ1) is 14.5. The van der Waals surface area contributed by atoms with Gasteiger partial charge in [-0.2, -0.15) is 0 Å². The van der Waals surface area contributed by atoms with Crippen LogP contribution in [0.25, 0.3) is 0 Å². The predicted octanol–water partition coefficient (Wildman–Crippen LogP) is 1.02. The maximum atomic E-state index is 12.3. The molecule has 1 atom stereocenters. The van der Waals surface area contributed by atoms with E-state index >= 15 is 0 Å². The summed E-state index contributed by atoms with van der Waals surface area (Å²) >= 11 is 5.79. The molecule has 31 heavy (non-hydrogen) atoms. The zero-order valence-corrected chi connectivity index (χ0v) is 18.2. The molecule has 166 valence electrons. The van der Waals surface area contributed by atoms with Crippen molar-refractivity contribution < 1.29 is 27.5 Å². The topological polar surface area (TPSA) is 157 Å². The maximum absolute atomic E-state index is 12.3. The molecule has 10 nitrogen and oxygen atoms in total. The molecule has 2 aromatic rings. The Labute approximate surface area is 184 Å². The molecule has 2 rings (SSSR count). The van der Waals surface area contributed by atoms with Crippen molar-refractivity contribution in [2.24, 2.45) is 5.14 Å². The molecule has 1 unspecified atom stereocenters. The number of sulfonamides is 1. The summed E-state index contributed by atoms with van der Waals surface area (Å²) in [5.41, 5.74) is 4.98. The second kappa shape index (κ2) is 10.2. The van der Waals surface area contributed by atoms with Gasteiger partial charge in [-0.3, -0.25) is 25.2 Å². The molecule has 0 spiro atoms. The Morgan fingerprint density at radius 2 is 1.74 bits per heavy atom. The van der Waals surface area contributed by atoms with E-state index in [1.54, 1.807) is 24.3 Å². The lowest BCUT2D eigenvalue weighted by Crippen LogP contribution is -2.43. The first-order valence-electron chi connectivity index (χ1n) is 8.84. The van der Waals surface area contributed by atoms with Gasteiger partial charge >= 0.3 is 0 Å². The Morgan fingerprint density at radius 3 is 2.29 bits per heavy atom. The molecule has 0 aliphatic carbocycles. The molecule has 0 aromatic heterocycles. The third-order valence-corrected chi connectivity index (χ3v) is 5.49. The number of nitrogens with one attached hydrogen (secondary N) is 3. The normalized spacial score (nSPS) is 11.9. The van der Waals surface area contributed by atoms with Crippen LogP contribution in [0.2, 0.25) is 5.02 Å². The second-order valence-corrected chi connectivity index (χ2v) is 8.36. The number of benzene rings is 2. The van der Waals surface area contributed by atoms with Crippen molar-refractivity contribution in [1.29, 1.82) is 0 Å². The third kappa shape index (κ3) is 6.95. The first-order valence-corrected chi connectivity index (χ1v) is 10.8. The van der Waals surface area contributed by atoms with Crippen LogP contribution in [0.1, 0.15) is 35.3 Å². The number of hydrogen-bond acceptors (Lipinski definition) is 6. The van der Waals surface area contributed by atoms with E-state index in [0.29, 0.717) is 11.3 Å². The highest BCUT2D eigenvalue weighted by atomic mass is 35.5. The van der Waals surface area contributed by atoms with Gasteiger partial charge in [0, 0.05) is 12.5 Å². The number of rotatable bonds is 7. The fraction of sp³-hybridized carbons (Fsp3) is 0.211. The molecule has 0 radical (unpaired) electrons. The van der Waals surface area contributed by atoms with Gasteiger partial charge in [-0.05, 0) is 35.9 Å². The molecule has 0 saturated heterocycles. The van der Waals surface area contributed by atoms with E-state index in [4.69, 9.17) is 21.5 Å². The van der Waals surface area contributed by atoms with Gasteiger partial charge in [-0.1, -0.05) is 23.7 Å². The van der Waals surface area contributed by atoms with Gasteiger partial charge in [0.25, 0.3) is 5.91 Å². The summed E-state index contributed by atoms with van der Waals surface area (Å²) in [6, 6.07) is 9.61. The van der Waals surface area contributed by atoms with Crippen LogP contribution in [-0.4, -0.2) is 33.2 Å². The van der Waals surface area contributed by atoms with Gasteiger partial charge in [-0.25, -0.2) is 13.6 Å². The van der Waals surface area contributed by atoms with Crippen LogP contribution in [0, 0.1) is 0 Å². The molecule has 0 fully saturated rings. The summed E-state index contributed by atoms with van der Waals surface area (Å²) in [7, 11) is -2.62. The van der Waals surface area contributed by atoms with Crippen molar-refractivity contribution >= 4 is 39.3 Å². The average Bonchev–Trinajstić information content (AvgIpc) is 2.70. The van der Waals surface area contributed by atoms with Gasteiger partial charge in [0.1, 0.15) is 10.6 Å². The number of hydrogen-bond donors (Lipinski definition) is 4. The smallest absolute Gasteiger partial charge is 0.269 e. The summed E-state index contributed by atoms with van der Waals surface area (Å²) in [5.74, 6) is -1.10. The highest BCUT2D eigenvalue weighted by Gasteiger charge is 2.19. The summed E-state index contributed by atoms with van der Waals surface area (Å²) in [5, 5.41) is 7.59. The van der Waals surface area contributed by atoms with E-state index < -0.39 is 32.8 Å². The molecule has 0 aliphatic heterocycles. The summed E-state index contributed by atoms with van der Waals surface area (Å²) in [6.07, 6.45) is -0.171. The number of amides is 3. The Balaban J connectivity index is 2.06. The van der Waals surface area contributed by atoms with E-state index in [0.717, 1.165) is 6.07 Å². The Bertz CT molecular complexity index is 1090. The number of methoxy groups -OCH3 is 1. The first kappa shape index (κ1) is 24.1. The van der Waals surface area contributed by atoms with Gasteiger partial charge in [0.15, 0.2) is 0 Å². The molecule has 0 bridgehead atoms. The number of primary sulfonamides is 1. The van der Waals surface area contributed by atoms with Crippen LogP contribution in [0.15, 0.2) is 47.4 Å². The standard InChI is InChI=1S/C19H21ClN4O6S/c1-11(25)22-16(12-3-6-14(30-2)7-4-12)10-18(26)23-24-19(27)13-5-8-15(20)17(9-13)31(21,28)29/h3-9,16H,10H2,1-2H3,(H,22,25)(H,23,26)(H,24,27)(H2,21,28,29). The van der Waals surface area contributed by atoms with Crippen molar-refractivity contribution in [1.82, 2.24) is 16.2 Å². The highest BCUT2D eigenvalue weighted by molar-refractivity contribution is 7.89. The molecule has 0 heterocycles. The van der Waals surface area contributed by atoms with Crippen molar-refractivity contribution in [3.05, 3.63) is 58.6 Å². The van der Waals surface area contributed by atoms with Crippen LogP contribution in [-0.2, 0) is 19.6 Å². The zero-order valence-electron chi connectivity index (χ0n) is 16.6. The van der Waals surface area contributed by atoms with Crippen LogP contribution >= 0.6 is 11.6 Å². The third-order valence-electron chi connectivity index (χ3n) is 4.10. The van der Waals surface area contributed by atoms with Crippen molar-refractivity contribution in [2.75, 3.05) is 7.11 Å². The minimum atomic E-state index is -4.13. The number of ether oxygens (including phenoxy) is 1. The molecule has 12 heteroatoms. The molecule has 5 N–H and O–H groups in total. The zero-order chi connectivity index (χ0) is 23.2. The fourth-order valence-electron chi connectivity index (χ4n) is 2.63. The van der Waals surface area contributed by atoms with Crippen molar-refractivity contribution in [3.8, 4) is 5.75 Å². The molecule has 0 aliphatic rings. The van der Waals surface area contributed by atoms with E-state index in [-0.39, 0.29) is 22.9 Å². The number of nitrogens with two attached hydrogens (primary N) is 1. The SMILES string of the molecule is COc1ccc(C(CC(=O)NNC(=O)c2ccc(Cl)c(S(N)(=O)=O)c2)NC(C)=O)cc1. The quantitative estimate of drug-likeness (QED) is 0.444. The predicted molar refractivity (Wildman–Crippen MR) is 113 cm³/mol. The molecule has 0 saturated carbocycles. The fourth-order valence-corrected chi connectivity index (χ4v) is 3.70. The number of carbonyl (C=O) groups excluding carboxylic acids is 3. The molecular formula is C19H21ClN4O6S. The molecule has 2 aromatic carbocycles. The van der Waals surface area contributed by atoms with Crippen molar-refractivity contribution in [3.63, 3.8) is 0 Å². The van der Waals surface area contributed by atoms with E-state index in [2.05, 4.69) is 16.2 Å². The van der Waals surface area contributed by atoms with E-state index in [1.165, 1.54) is 26.2 Å². The summed E-state index contributed by atoms with van der Waals surface area (Å²) in [4.78, 5) is 35.7. The second-order valence-electron chi connectivity index (χ2n) is 6.42. The number of hydrazine groups is 1. The lowest BCUT2D eigenvalue weighted by molar-refractivity contribution is -0.123. The Kier molecular flexibility index (Phi) is 7.97. The van der Waals surface area contributed by atoms with E-state index in [1.807, 2.05) is 0 Å². The highest BCUT2D eigenvalue weighted by Crippen LogP contribution is 2.22. The lowest BCUT2D eigenvalue weighted by Gasteiger charge is -2.18. The lowest BCUT2D eigenvalue weighted by atomic mass is 10.0. The molecule has 3 amide bonds. The van der Waals surface area contributed by atoms with E-state index in [9.17, 15) is 22.8 Å². The maximum Gasteiger partial charge on any atom is 0.269 e. The number of halogens is 1.